The first kappa shape index (κ1) is 19.8. The molecule has 0 aliphatic carbocycles. The minimum Gasteiger partial charge on any atom is -0.352 e. The molecule has 1 heterocycles. The molecule has 0 fully saturated rings. The van der Waals surface area contributed by atoms with Gasteiger partial charge in [-0.2, -0.15) is 0 Å². The van der Waals surface area contributed by atoms with Gasteiger partial charge in [0.25, 0.3) is 5.91 Å². The van der Waals surface area contributed by atoms with Gasteiger partial charge in [0.05, 0.1) is 5.69 Å². The number of benzene rings is 1. The summed E-state index contributed by atoms with van der Waals surface area (Å²) in [6.07, 6.45) is 7.33. The van der Waals surface area contributed by atoms with E-state index in [0.717, 1.165) is 43.4 Å². The Kier molecular flexibility index (Phi) is 8.00. The van der Waals surface area contributed by atoms with Gasteiger partial charge in [0.1, 0.15) is 0 Å². The molecular weight excluding hydrogens is 324 g/mol. The molecule has 4 nitrogen and oxygen atoms in total. The van der Waals surface area contributed by atoms with Gasteiger partial charge in [-0.3, -0.25) is 14.6 Å². The van der Waals surface area contributed by atoms with E-state index in [2.05, 4.69) is 24.1 Å². The summed E-state index contributed by atoms with van der Waals surface area (Å²) >= 11 is 0. The molecule has 138 valence electrons. The van der Waals surface area contributed by atoms with Crippen LogP contribution in [0.1, 0.15) is 73.1 Å². The normalized spacial score (nSPS) is 10.5. The number of ketones is 1. The first-order valence-corrected chi connectivity index (χ1v) is 9.53. The summed E-state index contributed by atoms with van der Waals surface area (Å²) in [5.74, 6) is 0.0719. The number of Topliss-reactive ketones (excluding diaryl/α,β-unsaturated/α-hetero) is 1. The maximum Gasteiger partial charge on any atom is 0.251 e. The van der Waals surface area contributed by atoms with E-state index < -0.39 is 0 Å². The van der Waals surface area contributed by atoms with Crippen LogP contribution in [0.25, 0.3) is 11.3 Å². The van der Waals surface area contributed by atoms with E-state index >= 15 is 0 Å². The Morgan fingerprint density at radius 2 is 1.77 bits per heavy atom. The maximum atomic E-state index is 12.3. The highest BCUT2D eigenvalue weighted by Gasteiger charge is 2.10. The minimum absolute atomic E-state index is 0.0768. The second-order valence-electron chi connectivity index (χ2n) is 6.50. The van der Waals surface area contributed by atoms with Crippen LogP contribution in [0.2, 0.25) is 0 Å². The first-order chi connectivity index (χ1) is 12.7. The quantitative estimate of drug-likeness (QED) is 0.481. The number of carbonyl (C=O) groups excluding carboxylic acids is 2. The zero-order valence-corrected chi connectivity index (χ0v) is 15.8. The average Bonchev–Trinajstić information content (AvgIpc) is 2.68. The lowest BCUT2D eigenvalue weighted by Crippen LogP contribution is -2.24. The SMILES string of the molecule is CCCCCC(=O)c1ccnc(-c2cccc(C(=O)NCCCC)c2)c1. The summed E-state index contributed by atoms with van der Waals surface area (Å²) < 4.78 is 0. The molecule has 0 bridgehead atoms. The molecule has 0 atom stereocenters. The summed E-state index contributed by atoms with van der Waals surface area (Å²) in [5, 5.41) is 2.92. The smallest absolute Gasteiger partial charge is 0.251 e. The molecule has 0 saturated carbocycles. The van der Waals surface area contributed by atoms with Crippen molar-refractivity contribution in [2.45, 2.75) is 52.4 Å². The molecule has 1 aromatic carbocycles. The van der Waals surface area contributed by atoms with Crippen molar-refractivity contribution in [2.24, 2.45) is 0 Å². The molecule has 26 heavy (non-hydrogen) atoms. The third kappa shape index (κ3) is 5.80. The fraction of sp³-hybridized carbons (Fsp3) is 0.409. The van der Waals surface area contributed by atoms with Crippen LogP contribution < -0.4 is 5.32 Å². The molecule has 4 heteroatoms. The maximum absolute atomic E-state index is 12.3. The summed E-state index contributed by atoms with van der Waals surface area (Å²) in [7, 11) is 0. The van der Waals surface area contributed by atoms with Crippen molar-refractivity contribution < 1.29 is 9.59 Å². The second kappa shape index (κ2) is 10.5. The molecule has 1 aromatic heterocycles. The Bertz CT molecular complexity index is 677. The van der Waals surface area contributed by atoms with Crippen molar-refractivity contribution in [3.63, 3.8) is 0 Å². The van der Waals surface area contributed by atoms with E-state index in [4.69, 9.17) is 0 Å². The van der Waals surface area contributed by atoms with Gasteiger partial charge in [0.2, 0.25) is 0 Å². The highest BCUT2D eigenvalue weighted by atomic mass is 16.1. The molecule has 0 spiro atoms. The number of aromatic nitrogens is 1. The van der Waals surface area contributed by atoms with Crippen molar-refractivity contribution in [3.8, 4) is 11.3 Å². The molecule has 2 rings (SSSR count). The van der Waals surface area contributed by atoms with E-state index in [9.17, 15) is 9.59 Å². The third-order valence-corrected chi connectivity index (χ3v) is 4.33. The zero-order valence-electron chi connectivity index (χ0n) is 15.8. The van der Waals surface area contributed by atoms with Crippen LogP contribution in [0.5, 0.6) is 0 Å². The van der Waals surface area contributed by atoms with Gasteiger partial charge in [-0.15, -0.1) is 0 Å². The number of hydrogen-bond donors (Lipinski definition) is 1. The average molecular weight is 352 g/mol. The monoisotopic (exact) mass is 352 g/mol. The van der Waals surface area contributed by atoms with Crippen LogP contribution >= 0.6 is 0 Å². The van der Waals surface area contributed by atoms with Gasteiger partial charge in [-0.25, -0.2) is 0 Å². The number of nitrogens with zero attached hydrogens (tertiary/aromatic N) is 1. The lowest BCUT2D eigenvalue weighted by atomic mass is 10.0. The Hall–Kier alpha value is -2.49. The van der Waals surface area contributed by atoms with Gasteiger partial charge in [-0.05, 0) is 37.1 Å². The highest BCUT2D eigenvalue weighted by molar-refractivity contribution is 5.97. The van der Waals surface area contributed by atoms with Gasteiger partial charge in [0.15, 0.2) is 5.78 Å². The van der Waals surface area contributed by atoms with E-state index in [-0.39, 0.29) is 11.7 Å². The predicted octanol–water partition coefficient (Wildman–Crippen LogP) is 5.04. The first-order valence-electron chi connectivity index (χ1n) is 9.53. The molecule has 0 radical (unpaired) electrons. The molecular formula is C22H28N2O2. The number of unbranched alkanes of at least 4 members (excludes halogenated alkanes) is 3. The Morgan fingerprint density at radius 1 is 0.962 bits per heavy atom. The summed E-state index contributed by atoms with van der Waals surface area (Å²) in [4.78, 5) is 29.0. The van der Waals surface area contributed by atoms with Crippen LogP contribution in [0, 0.1) is 0 Å². The largest absolute Gasteiger partial charge is 0.352 e. The molecule has 2 aromatic rings. The third-order valence-electron chi connectivity index (χ3n) is 4.33. The van der Waals surface area contributed by atoms with Crippen LogP contribution in [0.4, 0.5) is 0 Å². The van der Waals surface area contributed by atoms with Gasteiger partial charge >= 0.3 is 0 Å². The fourth-order valence-electron chi connectivity index (χ4n) is 2.74. The van der Waals surface area contributed by atoms with Crippen molar-refractivity contribution in [1.82, 2.24) is 10.3 Å². The van der Waals surface area contributed by atoms with Gasteiger partial charge in [0, 0.05) is 35.9 Å². The second-order valence-corrected chi connectivity index (χ2v) is 6.50. The summed E-state index contributed by atoms with van der Waals surface area (Å²) in [6, 6.07) is 11.0. The minimum atomic E-state index is -0.0768. The fourth-order valence-corrected chi connectivity index (χ4v) is 2.74. The lowest BCUT2D eigenvalue weighted by molar-refractivity contribution is 0.0951. The van der Waals surface area contributed by atoms with Crippen molar-refractivity contribution >= 4 is 11.7 Å². The van der Waals surface area contributed by atoms with Crippen LogP contribution in [-0.2, 0) is 0 Å². The zero-order chi connectivity index (χ0) is 18.8. The van der Waals surface area contributed by atoms with Crippen molar-refractivity contribution in [3.05, 3.63) is 53.7 Å². The van der Waals surface area contributed by atoms with E-state index in [1.54, 1.807) is 18.3 Å². The van der Waals surface area contributed by atoms with Gasteiger partial charge in [-0.1, -0.05) is 45.2 Å². The lowest BCUT2D eigenvalue weighted by Gasteiger charge is -2.08. The molecule has 1 N–H and O–H groups in total. The van der Waals surface area contributed by atoms with E-state index in [1.165, 1.54) is 0 Å². The highest BCUT2D eigenvalue weighted by Crippen LogP contribution is 2.20. The number of carbonyl (C=O) groups is 2. The number of hydrogen-bond acceptors (Lipinski definition) is 3. The topological polar surface area (TPSA) is 59.1 Å². The summed E-state index contributed by atoms with van der Waals surface area (Å²) in [6.45, 7) is 4.90. The molecule has 0 unspecified atom stereocenters. The van der Waals surface area contributed by atoms with E-state index in [1.807, 2.05) is 24.3 Å². The number of nitrogens with one attached hydrogen (secondary N) is 1. The number of pyridine rings is 1. The summed E-state index contributed by atoms with van der Waals surface area (Å²) in [5.41, 5.74) is 2.86. The molecule has 1 amide bonds. The number of rotatable bonds is 10. The van der Waals surface area contributed by atoms with E-state index in [0.29, 0.717) is 24.1 Å². The molecule has 0 aliphatic rings. The Morgan fingerprint density at radius 3 is 2.54 bits per heavy atom. The van der Waals surface area contributed by atoms with Crippen LogP contribution in [0.3, 0.4) is 0 Å². The van der Waals surface area contributed by atoms with Crippen LogP contribution in [-0.4, -0.2) is 23.2 Å². The molecule has 0 aliphatic heterocycles. The van der Waals surface area contributed by atoms with Crippen molar-refractivity contribution in [2.75, 3.05) is 6.54 Å². The standard InChI is InChI=1S/C22H28N2O2/c1-3-5-7-11-21(25)18-12-14-23-20(16-18)17-9-8-10-19(15-17)22(26)24-13-6-4-2/h8-10,12,14-16H,3-7,11,13H2,1-2H3,(H,24,26). The van der Waals surface area contributed by atoms with Gasteiger partial charge < -0.3 is 5.32 Å². The van der Waals surface area contributed by atoms with Crippen LogP contribution in [0.15, 0.2) is 42.6 Å². The van der Waals surface area contributed by atoms with Crippen molar-refractivity contribution in [1.29, 1.82) is 0 Å². The molecule has 0 saturated heterocycles. The predicted molar refractivity (Wildman–Crippen MR) is 105 cm³/mol. The Labute approximate surface area is 156 Å². The Balaban J connectivity index is 2.13. The number of amides is 1.